The van der Waals surface area contributed by atoms with Crippen molar-refractivity contribution in [2.24, 2.45) is 11.7 Å². The van der Waals surface area contributed by atoms with Crippen molar-refractivity contribution in [3.63, 3.8) is 0 Å². The van der Waals surface area contributed by atoms with Crippen molar-refractivity contribution in [2.75, 3.05) is 31.3 Å². The first-order valence-electron chi connectivity index (χ1n) is 11.2. The van der Waals surface area contributed by atoms with Crippen molar-refractivity contribution in [1.29, 1.82) is 0 Å². The van der Waals surface area contributed by atoms with Gasteiger partial charge in [0.1, 0.15) is 11.6 Å². The van der Waals surface area contributed by atoms with Crippen LogP contribution in [0.5, 0.6) is 5.75 Å². The van der Waals surface area contributed by atoms with E-state index in [2.05, 4.69) is 32.5 Å². The topological polar surface area (TPSA) is 105 Å². The maximum Gasteiger partial charge on any atom is 0.254 e. The summed E-state index contributed by atoms with van der Waals surface area (Å²) in [6.07, 6.45) is 2.41. The van der Waals surface area contributed by atoms with Crippen molar-refractivity contribution < 1.29 is 18.3 Å². The second-order valence-electron chi connectivity index (χ2n) is 8.79. The lowest BCUT2D eigenvalue weighted by atomic mass is 9.84. The quantitative estimate of drug-likeness (QED) is 0.580. The molecule has 2 heterocycles. The molecule has 1 aromatic carbocycles. The van der Waals surface area contributed by atoms with Gasteiger partial charge in [-0.2, -0.15) is 4.98 Å². The molecule has 0 unspecified atom stereocenters. The normalized spacial score (nSPS) is 20.9. The van der Waals surface area contributed by atoms with Gasteiger partial charge in [0.05, 0.1) is 18.4 Å². The van der Waals surface area contributed by atoms with Crippen molar-refractivity contribution in [2.45, 2.75) is 51.1 Å². The molecule has 4 N–H and O–H groups in total. The van der Waals surface area contributed by atoms with E-state index < -0.39 is 24.3 Å². The van der Waals surface area contributed by atoms with Gasteiger partial charge in [-0.05, 0) is 49.6 Å². The van der Waals surface area contributed by atoms with Crippen LogP contribution in [-0.4, -0.2) is 53.9 Å². The lowest BCUT2D eigenvalue weighted by Crippen LogP contribution is -2.37. The Bertz CT molecular complexity index is 1020. The predicted molar refractivity (Wildman–Crippen MR) is 122 cm³/mol. The van der Waals surface area contributed by atoms with E-state index >= 15 is 0 Å². The van der Waals surface area contributed by atoms with Gasteiger partial charge in [0.15, 0.2) is 0 Å². The number of likely N-dealkylation sites (N-methyl/N-ethyl adjacent to an activating group) is 1. The van der Waals surface area contributed by atoms with E-state index in [9.17, 15) is 13.6 Å². The Balaban J connectivity index is 1.63. The van der Waals surface area contributed by atoms with Crippen LogP contribution in [0.1, 0.15) is 47.2 Å². The average molecular weight is 461 g/mol. The molecular formula is C23H30F2N6O2. The molecule has 1 aliphatic carbocycles. The van der Waals surface area contributed by atoms with E-state index in [0.717, 1.165) is 32.4 Å². The highest BCUT2D eigenvalue weighted by molar-refractivity contribution is 5.97. The molecule has 1 fully saturated rings. The first-order valence-corrected chi connectivity index (χ1v) is 11.2. The van der Waals surface area contributed by atoms with Crippen molar-refractivity contribution in [3.05, 3.63) is 35.0 Å². The summed E-state index contributed by atoms with van der Waals surface area (Å²) >= 11 is 0. The van der Waals surface area contributed by atoms with Crippen LogP contribution in [0, 0.1) is 5.92 Å². The van der Waals surface area contributed by atoms with Gasteiger partial charge < -0.3 is 26.0 Å². The smallest absolute Gasteiger partial charge is 0.254 e. The first-order chi connectivity index (χ1) is 15.9. The zero-order chi connectivity index (χ0) is 23.5. The summed E-state index contributed by atoms with van der Waals surface area (Å²) in [5.74, 6) is -0.490. The third-order valence-electron chi connectivity index (χ3n) is 6.49. The molecule has 2 aromatic rings. The highest BCUT2D eigenvalue weighted by Crippen LogP contribution is 2.34. The molecule has 2 atom stereocenters. The van der Waals surface area contributed by atoms with E-state index in [1.54, 1.807) is 7.11 Å². The summed E-state index contributed by atoms with van der Waals surface area (Å²) < 4.78 is 32.7. The van der Waals surface area contributed by atoms with Crippen LogP contribution in [0.3, 0.4) is 0 Å². The fourth-order valence-electron chi connectivity index (χ4n) is 4.66. The van der Waals surface area contributed by atoms with Gasteiger partial charge in [-0.15, -0.1) is 0 Å². The summed E-state index contributed by atoms with van der Waals surface area (Å²) in [7, 11) is 3.67. The van der Waals surface area contributed by atoms with Gasteiger partial charge in [-0.3, -0.25) is 4.79 Å². The summed E-state index contributed by atoms with van der Waals surface area (Å²) in [6.45, 7) is 1.80. The SMILES string of the molecule is COc1cc2c(cc1Nc1ncc(C(N)=O)c(N[C@@H]3CCCC[C@H]3C(F)F)n1)CN(C)CC2. The van der Waals surface area contributed by atoms with Crippen LogP contribution in [0.15, 0.2) is 18.3 Å². The number of benzene rings is 1. The number of hydrogen-bond donors (Lipinski definition) is 3. The van der Waals surface area contributed by atoms with E-state index in [0.29, 0.717) is 24.3 Å². The maximum absolute atomic E-state index is 13.6. The number of methoxy groups -OCH3 is 1. The van der Waals surface area contributed by atoms with Gasteiger partial charge in [0, 0.05) is 31.2 Å². The Labute approximate surface area is 191 Å². The summed E-state index contributed by atoms with van der Waals surface area (Å²) in [6, 6.07) is 3.53. The lowest BCUT2D eigenvalue weighted by molar-refractivity contribution is 0.0490. The Kier molecular flexibility index (Phi) is 6.92. The van der Waals surface area contributed by atoms with Gasteiger partial charge in [-0.1, -0.05) is 12.8 Å². The zero-order valence-electron chi connectivity index (χ0n) is 18.9. The van der Waals surface area contributed by atoms with Crippen LogP contribution >= 0.6 is 0 Å². The molecule has 1 saturated carbocycles. The molecule has 8 nitrogen and oxygen atoms in total. The Morgan fingerprint density at radius 3 is 2.79 bits per heavy atom. The minimum Gasteiger partial charge on any atom is -0.495 e. The second-order valence-corrected chi connectivity index (χ2v) is 8.79. The summed E-state index contributed by atoms with van der Waals surface area (Å²) in [4.78, 5) is 22.9. The molecule has 33 heavy (non-hydrogen) atoms. The number of halogens is 2. The number of carbonyl (C=O) groups is 1. The van der Waals surface area contributed by atoms with Crippen molar-refractivity contribution in [1.82, 2.24) is 14.9 Å². The molecule has 1 amide bonds. The van der Waals surface area contributed by atoms with Crippen LogP contribution in [0.2, 0.25) is 0 Å². The molecule has 0 spiro atoms. The number of ether oxygens (including phenoxy) is 1. The number of rotatable bonds is 7. The van der Waals surface area contributed by atoms with E-state index in [-0.39, 0.29) is 17.3 Å². The molecule has 10 heteroatoms. The number of nitrogens with zero attached hydrogens (tertiary/aromatic N) is 3. The maximum atomic E-state index is 13.6. The Morgan fingerprint density at radius 1 is 1.27 bits per heavy atom. The average Bonchev–Trinajstić information content (AvgIpc) is 2.78. The van der Waals surface area contributed by atoms with Crippen LogP contribution in [-0.2, 0) is 13.0 Å². The standard InChI is InChI=1S/C23H30F2N6O2/c1-31-8-7-13-10-19(33-2)18(9-14(13)12-31)29-23-27-11-16(21(26)32)22(30-23)28-17-6-4-3-5-15(17)20(24)25/h9-11,15,17,20H,3-8,12H2,1-2H3,(H2,26,32)(H2,27,28,29,30)/t15-,17-/m1/s1. The second kappa shape index (κ2) is 9.86. The Hall–Kier alpha value is -3.01. The monoisotopic (exact) mass is 460 g/mol. The summed E-state index contributed by atoms with van der Waals surface area (Å²) in [5.41, 5.74) is 8.67. The third kappa shape index (κ3) is 5.16. The van der Waals surface area contributed by atoms with Gasteiger partial charge in [0.25, 0.3) is 5.91 Å². The van der Waals surface area contributed by atoms with Crippen LogP contribution < -0.4 is 21.1 Å². The molecule has 0 bridgehead atoms. The highest BCUT2D eigenvalue weighted by Gasteiger charge is 2.33. The zero-order valence-corrected chi connectivity index (χ0v) is 18.9. The van der Waals surface area contributed by atoms with E-state index in [1.165, 1.54) is 17.3 Å². The summed E-state index contributed by atoms with van der Waals surface area (Å²) in [5, 5.41) is 6.22. The fourth-order valence-corrected chi connectivity index (χ4v) is 4.66. The van der Waals surface area contributed by atoms with Gasteiger partial charge in [0.2, 0.25) is 12.4 Å². The number of fused-ring (bicyclic) bond motifs is 1. The van der Waals surface area contributed by atoms with E-state index in [4.69, 9.17) is 10.5 Å². The van der Waals surface area contributed by atoms with Crippen molar-refractivity contribution >= 4 is 23.4 Å². The number of nitrogens with two attached hydrogens (primary N) is 1. The molecule has 1 aliphatic heterocycles. The molecule has 4 rings (SSSR count). The molecule has 0 radical (unpaired) electrons. The largest absolute Gasteiger partial charge is 0.495 e. The van der Waals surface area contributed by atoms with Gasteiger partial charge >= 0.3 is 0 Å². The number of alkyl halides is 2. The minimum absolute atomic E-state index is 0.0678. The highest BCUT2D eigenvalue weighted by atomic mass is 19.3. The van der Waals surface area contributed by atoms with Gasteiger partial charge in [-0.25, -0.2) is 13.8 Å². The fraction of sp³-hybridized carbons (Fsp3) is 0.522. The van der Waals surface area contributed by atoms with Crippen LogP contribution in [0.4, 0.5) is 26.2 Å². The predicted octanol–water partition coefficient (Wildman–Crippen LogP) is 3.55. The number of carbonyl (C=O) groups excluding carboxylic acids is 1. The Morgan fingerprint density at radius 2 is 2.06 bits per heavy atom. The number of primary amides is 1. The molecule has 0 saturated heterocycles. The third-order valence-corrected chi connectivity index (χ3v) is 6.49. The minimum atomic E-state index is -2.45. The molecule has 1 aromatic heterocycles. The van der Waals surface area contributed by atoms with Crippen molar-refractivity contribution in [3.8, 4) is 5.75 Å². The lowest BCUT2D eigenvalue weighted by Gasteiger charge is -2.32. The first kappa shape index (κ1) is 23.2. The number of amides is 1. The number of hydrogen-bond acceptors (Lipinski definition) is 7. The molecule has 178 valence electrons. The number of anilines is 3. The van der Waals surface area contributed by atoms with E-state index in [1.807, 2.05) is 12.1 Å². The number of aromatic nitrogens is 2. The molecular weight excluding hydrogens is 430 g/mol. The van der Waals surface area contributed by atoms with Crippen LogP contribution in [0.25, 0.3) is 0 Å². The molecule has 2 aliphatic rings. The number of nitrogens with one attached hydrogen (secondary N) is 2.